The smallest absolute Gasteiger partial charge is 0.407 e. The molecule has 0 unspecified atom stereocenters. The molecule has 0 spiro atoms. The summed E-state index contributed by atoms with van der Waals surface area (Å²) in [6, 6.07) is -0.396. The first kappa shape index (κ1) is 24.9. The van der Waals surface area contributed by atoms with E-state index in [1.165, 1.54) is 7.11 Å². The van der Waals surface area contributed by atoms with Gasteiger partial charge >= 0.3 is 12.1 Å². The second-order valence-corrected chi connectivity index (χ2v) is 14.0. The Morgan fingerprint density at radius 1 is 1.08 bits per heavy atom. The number of hydrogen-bond acceptors (Lipinski definition) is 5. The second kappa shape index (κ2) is 9.74. The summed E-state index contributed by atoms with van der Waals surface area (Å²) < 4.78 is 16.5. The van der Waals surface area contributed by atoms with E-state index in [1.54, 1.807) is 20.8 Å². The highest BCUT2D eigenvalue weighted by Crippen LogP contribution is 2.36. The largest absolute Gasteiger partial charge is 0.469 e. The summed E-state index contributed by atoms with van der Waals surface area (Å²) in [5, 5.41) is 2.94. The summed E-state index contributed by atoms with van der Waals surface area (Å²) in [4.78, 5) is 24.3. The van der Waals surface area contributed by atoms with Crippen LogP contribution in [0, 0.1) is 5.92 Å². The highest BCUT2D eigenvalue weighted by molar-refractivity contribution is 6.74. The summed E-state index contributed by atoms with van der Waals surface area (Å²) in [5.74, 6) is -0.767. The minimum Gasteiger partial charge on any atom is -0.469 e. The van der Waals surface area contributed by atoms with E-state index >= 15 is 0 Å². The fraction of sp³-hybridized carbons (Fsp3) is 0.895. The van der Waals surface area contributed by atoms with E-state index in [9.17, 15) is 9.59 Å². The summed E-state index contributed by atoms with van der Waals surface area (Å²) in [6.45, 7) is 18.7. The van der Waals surface area contributed by atoms with E-state index < -0.39 is 32.0 Å². The lowest BCUT2D eigenvalue weighted by molar-refractivity contribution is -0.146. The van der Waals surface area contributed by atoms with E-state index in [-0.39, 0.29) is 11.0 Å². The highest BCUT2D eigenvalue weighted by Gasteiger charge is 2.38. The van der Waals surface area contributed by atoms with Crippen LogP contribution in [0.3, 0.4) is 0 Å². The molecule has 0 aliphatic heterocycles. The van der Waals surface area contributed by atoms with Crippen LogP contribution in [0.2, 0.25) is 18.1 Å². The normalized spacial score (nSPS) is 15.2. The first-order chi connectivity index (χ1) is 11.6. The highest BCUT2D eigenvalue weighted by atomic mass is 28.4. The third kappa shape index (κ3) is 8.53. The summed E-state index contributed by atoms with van der Waals surface area (Å²) in [7, 11) is -0.528. The SMILES string of the molecule is CC[C@@H](C(=O)OC)[C@H](CCO[Si](C)(C)C(C)(C)C)NC(=O)OC(C)(C)C. The Balaban J connectivity index is 5.10. The lowest BCUT2D eigenvalue weighted by Crippen LogP contribution is -2.47. The standard InChI is InChI=1S/C19H39NO5Si/c1-11-14(16(21)23-8)15(20-17(22)25-18(2,3)4)12-13-24-26(9,10)19(5,6)7/h14-15H,11-13H2,1-10H3,(H,20,22)/t14-,15+/m1/s1. The monoisotopic (exact) mass is 389 g/mol. The number of methoxy groups -OCH3 is 1. The van der Waals surface area contributed by atoms with Crippen molar-refractivity contribution in [1.29, 1.82) is 0 Å². The third-order valence-electron chi connectivity index (χ3n) is 4.83. The fourth-order valence-electron chi connectivity index (χ4n) is 2.26. The van der Waals surface area contributed by atoms with Gasteiger partial charge in [-0.1, -0.05) is 27.7 Å². The average molecular weight is 390 g/mol. The van der Waals surface area contributed by atoms with Crippen LogP contribution in [0.4, 0.5) is 4.79 Å². The Morgan fingerprint density at radius 2 is 1.62 bits per heavy atom. The molecule has 26 heavy (non-hydrogen) atoms. The molecule has 6 nitrogen and oxygen atoms in total. The van der Waals surface area contributed by atoms with Gasteiger partial charge in [-0.2, -0.15) is 0 Å². The number of carbonyl (C=O) groups excluding carboxylic acids is 2. The Kier molecular flexibility index (Phi) is 9.33. The lowest BCUT2D eigenvalue weighted by Gasteiger charge is -2.37. The van der Waals surface area contributed by atoms with Gasteiger partial charge in [-0.15, -0.1) is 0 Å². The molecule has 0 aliphatic rings. The molecule has 1 amide bonds. The molecule has 0 heterocycles. The van der Waals surface area contributed by atoms with Gasteiger partial charge in [-0.25, -0.2) is 4.79 Å². The number of carbonyl (C=O) groups is 2. The molecule has 0 aliphatic carbocycles. The van der Waals surface area contributed by atoms with E-state index in [0.29, 0.717) is 19.4 Å². The van der Waals surface area contributed by atoms with Crippen LogP contribution in [0.15, 0.2) is 0 Å². The van der Waals surface area contributed by atoms with E-state index in [0.717, 1.165) is 0 Å². The maximum Gasteiger partial charge on any atom is 0.407 e. The fourth-order valence-corrected chi connectivity index (χ4v) is 3.32. The molecule has 0 aromatic carbocycles. The van der Waals surface area contributed by atoms with Crippen molar-refractivity contribution in [3.63, 3.8) is 0 Å². The Labute approximate surface area is 160 Å². The number of rotatable bonds is 8. The number of ether oxygens (including phenoxy) is 2. The molecule has 0 saturated carbocycles. The molecule has 0 aromatic rings. The lowest BCUT2D eigenvalue weighted by atomic mass is 9.94. The van der Waals surface area contributed by atoms with Gasteiger partial charge < -0.3 is 19.2 Å². The Hall–Kier alpha value is -1.08. The van der Waals surface area contributed by atoms with Crippen LogP contribution in [0.5, 0.6) is 0 Å². The first-order valence-electron chi connectivity index (χ1n) is 9.36. The summed E-state index contributed by atoms with van der Waals surface area (Å²) in [6.07, 6.45) is 0.559. The van der Waals surface area contributed by atoms with Gasteiger partial charge in [0.25, 0.3) is 0 Å². The Bertz CT molecular complexity index is 466. The second-order valence-electron chi connectivity index (χ2n) is 9.19. The predicted molar refractivity (Wildman–Crippen MR) is 107 cm³/mol. The van der Waals surface area contributed by atoms with Gasteiger partial charge in [0.2, 0.25) is 0 Å². The zero-order chi connectivity index (χ0) is 20.8. The maximum absolute atomic E-state index is 12.2. The average Bonchev–Trinajstić information content (AvgIpc) is 2.43. The van der Waals surface area contributed by atoms with Gasteiger partial charge in [-0.05, 0) is 51.7 Å². The van der Waals surface area contributed by atoms with Crippen LogP contribution in [-0.2, 0) is 18.7 Å². The van der Waals surface area contributed by atoms with Gasteiger partial charge in [-0.3, -0.25) is 4.79 Å². The maximum atomic E-state index is 12.2. The molecule has 0 saturated heterocycles. The first-order valence-corrected chi connectivity index (χ1v) is 12.3. The number of hydrogen-bond donors (Lipinski definition) is 1. The zero-order valence-electron chi connectivity index (χ0n) is 18.3. The summed E-state index contributed by atoms with van der Waals surface area (Å²) in [5.41, 5.74) is -0.598. The minimum atomic E-state index is -1.89. The molecule has 154 valence electrons. The van der Waals surface area contributed by atoms with Gasteiger partial charge in [0, 0.05) is 12.6 Å². The van der Waals surface area contributed by atoms with Crippen molar-refractivity contribution in [2.75, 3.05) is 13.7 Å². The molecule has 2 atom stereocenters. The van der Waals surface area contributed by atoms with Crippen LogP contribution >= 0.6 is 0 Å². The molecule has 0 bridgehead atoms. The number of nitrogens with one attached hydrogen (secondary N) is 1. The third-order valence-corrected chi connectivity index (χ3v) is 9.37. The van der Waals surface area contributed by atoms with E-state index in [2.05, 4.69) is 39.2 Å². The Morgan fingerprint density at radius 3 is 2.00 bits per heavy atom. The number of esters is 1. The van der Waals surface area contributed by atoms with Crippen molar-refractivity contribution in [3.8, 4) is 0 Å². The van der Waals surface area contributed by atoms with E-state index in [4.69, 9.17) is 13.9 Å². The van der Waals surface area contributed by atoms with Crippen LogP contribution in [0.1, 0.15) is 61.3 Å². The van der Waals surface area contributed by atoms with Gasteiger partial charge in [0.15, 0.2) is 8.32 Å². The number of alkyl carbamates (subject to hydrolysis) is 1. The molecule has 0 radical (unpaired) electrons. The molecule has 0 fully saturated rings. The van der Waals surface area contributed by atoms with Crippen molar-refractivity contribution in [1.82, 2.24) is 5.32 Å². The van der Waals surface area contributed by atoms with Crippen molar-refractivity contribution >= 4 is 20.4 Å². The van der Waals surface area contributed by atoms with Crippen LogP contribution < -0.4 is 5.32 Å². The van der Waals surface area contributed by atoms with Gasteiger partial charge in [0.05, 0.1) is 13.0 Å². The van der Waals surface area contributed by atoms with Crippen molar-refractivity contribution in [3.05, 3.63) is 0 Å². The van der Waals surface area contributed by atoms with Crippen molar-refractivity contribution in [2.24, 2.45) is 5.92 Å². The van der Waals surface area contributed by atoms with Crippen LogP contribution in [-0.4, -0.2) is 45.7 Å². The predicted octanol–water partition coefficient (Wildman–Crippen LogP) is 4.49. The zero-order valence-corrected chi connectivity index (χ0v) is 19.3. The van der Waals surface area contributed by atoms with Crippen molar-refractivity contribution < 1.29 is 23.5 Å². The van der Waals surface area contributed by atoms with Gasteiger partial charge in [0.1, 0.15) is 5.60 Å². The van der Waals surface area contributed by atoms with Crippen molar-refractivity contribution in [2.45, 2.75) is 91.1 Å². The topological polar surface area (TPSA) is 73.9 Å². The molecule has 1 N–H and O–H groups in total. The quantitative estimate of drug-likeness (QED) is 0.489. The molecule has 0 rings (SSSR count). The summed E-state index contributed by atoms with van der Waals surface area (Å²) >= 11 is 0. The van der Waals surface area contributed by atoms with Crippen LogP contribution in [0.25, 0.3) is 0 Å². The minimum absolute atomic E-state index is 0.105. The van der Waals surface area contributed by atoms with E-state index in [1.807, 2.05) is 6.92 Å². The molecule has 0 aromatic heterocycles. The molecule has 7 heteroatoms. The number of amides is 1. The molecular formula is C19H39NO5Si. The molecular weight excluding hydrogens is 350 g/mol.